The van der Waals surface area contributed by atoms with Crippen LogP contribution < -0.4 is 4.74 Å². The average molecular weight is 440 g/mol. The van der Waals surface area contributed by atoms with Gasteiger partial charge in [0.2, 0.25) is 0 Å². The van der Waals surface area contributed by atoms with E-state index in [-0.39, 0.29) is 18.0 Å². The molecule has 0 N–H and O–H groups in total. The minimum atomic E-state index is -5.06. The molecule has 31 heavy (non-hydrogen) atoms. The van der Waals surface area contributed by atoms with E-state index in [2.05, 4.69) is 23.2 Å². The van der Waals surface area contributed by atoms with Crippen molar-refractivity contribution in [3.05, 3.63) is 42.5 Å². The van der Waals surface area contributed by atoms with E-state index in [4.69, 9.17) is 9.47 Å². The van der Waals surface area contributed by atoms with Crippen LogP contribution >= 0.6 is 0 Å². The van der Waals surface area contributed by atoms with Crippen LogP contribution in [0.15, 0.2) is 36.9 Å². The molecular weight excluding hydrogens is 412 g/mol. The number of hydrogen-bond acceptors (Lipinski definition) is 3. The molecule has 1 aromatic rings. The Morgan fingerprint density at radius 2 is 1.81 bits per heavy atom. The molecule has 0 spiro atoms. The third kappa shape index (κ3) is 7.26. The number of allylic oxidation sites excluding steroid dienone is 1. The maximum atomic E-state index is 12.9. The van der Waals surface area contributed by atoms with Crippen LogP contribution in [0.1, 0.15) is 44.1 Å². The summed E-state index contributed by atoms with van der Waals surface area (Å²) < 4.78 is 65.6. The van der Waals surface area contributed by atoms with Crippen molar-refractivity contribution in [2.45, 2.75) is 63.3 Å². The SMILES string of the molecule is C=CCC[C@H]1CC[C@H](C2CO[C@@H](C#Cc3ccc(OC(F)C(F)(F)F)cc3)CO2)CC1. The summed E-state index contributed by atoms with van der Waals surface area (Å²) >= 11 is 0. The molecule has 2 fully saturated rings. The van der Waals surface area contributed by atoms with Crippen molar-refractivity contribution in [1.82, 2.24) is 0 Å². The Morgan fingerprint density at radius 1 is 1.10 bits per heavy atom. The Balaban J connectivity index is 1.42. The molecule has 3 atom stereocenters. The molecule has 0 amide bonds. The molecular formula is C24H28F4O3. The van der Waals surface area contributed by atoms with E-state index in [0.29, 0.717) is 24.7 Å². The molecule has 2 unspecified atom stereocenters. The van der Waals surface area contributed by atoms with Gasteiger partial charge in [0.05, 0.1) is 19.3 Å². The molecule has 3 rings (SSSR count). The number of halogens is 4. The molecule has 1 saturated carbocycles. The zero-order chi connectivity index (χ0) is 22.3. The van der Waals surface area contributed by atoms with Crippen molar-refractivity contribution in [3.63, 3.8) is 0 Å². The van der Waals surface area contributed by atoms with E-state index >= 15 is 0 Å². The Morgan fingerprint density at radius 3 is 2.39 bits per heavy atom. The highest BCUT2D eigenvalue weighted by atomic mass is 19.4. The summed E-state index contributed by atoms with van der Waals surface area (Å²) in [6, 6.07) is 5.45. The molecule has 1 aliphatic carbocycles. The maximum absolute atomic E-state index is 12.9. The number of benzene rings is 1. The fourth-order valence-electron chi connectivity index (χ4n) is 4.04. The van der Waals surface area contributed by atoms with Gasteiger partial charge in [-0.15, -0.1) is 6.58 Å². The largest absolute Gasteiger partial charge is 0.457 e. The van der Waals surface area contributed by atoms with Crippen molar-refractivity contribution in [2.24, 2.45) is 11.8 Å². The van der Waals surface area contributed by atoms with Crippen LogP contribution in [0.3, 0.4) is 0 Å². The molecule has 1 saturated heterocycles. The van der Waals surface area contributed by atoms with Crippen LogP contribution in [0.4, 0.5) is 17.6 Å². The fraction of sp³-hybridized carbons (Fsp3) is 0.583. The molecule has 2 aliphatic rings. The predicted molar refractivity (Wildman–Crippen MR) is 109 cm³/mol. The Kier molecular flexibility index (Phi) is 8.39. The van der Waals surface area contributed by atoms with E-state index in [9.17, 15) is 17.6 Å². The third-order valence-corrected chi connectivity index (χ3v) is 5.85. The van der Waals surface area contributed by atoms with Crippen molar-refractivity contribution < 1.29 is 31.8 Å². The molecule has 3 nitrogen and oxygen atoms in total. The summed E-state index contributed by atoms with van der Waals surface area (Å²) in [7, 11) is 0. The van der Waals surface area contributed by atoms with Gasteiger partial charge in [-0.05, 0) is 61.8 Å². The molecule has 0 aromatic heterocycles. The maximum Gasteiger partial charge on any atom is 0.457 e. The van der Waals surface area contributed by atoms with Gasteiger partial charge >= 0.3 is 12.5 Å². The quantitative estimate of drug-likeness (QED) is 0.316. The molecule has 7 heteroatoms. The van der Waals surface area contributed by atoms with Crippen molar-refractivity contribution in [1.29, 1.82) is 0 Å². The summed E-state index contributed by atoms with van der Waals surface area (Å²) in [6.07, 6.45) is 0.420. The van der Waals surface area contributed by atoms with E-state index in [1.54, 1.807) is 0 Å². The fourth-order valence-corrected chi connectivity index (χ4v) is 4.04. The van der Waals surface area contributed by atoms with E-state index < -0.39 is 12.5 Å². The van der Waals surface area contributed by atoms with Gasteiger partial charge in [0.25, 0.3) is 0 Å². The first-order valence-electron chi connectivity index (χ1n) is 10.7. The molecule has 1 aromatic carbocycles. The summed E-state index contributed by atoms with van der Waals surface area (Å²) in [4.78, 5) is 0. The van der Waals surface area contributed by atoms with Crippen LogP contribution in [0, 0.1) is 23.7 Å². The first-order chi connectivity index (χ1) is 14.8. The summed E-state index contributed by atoms with van der Waals surface area (Å²) in [5, 5.41) is 0. The van der Waals surface area contributed by atoms with E-state index in [0.717, 1.165) is 25.2 Å². The van der Waals surface area contributed by atoms with Crippen LogP contribution in [-0.4, -0.2) is 38.0 Å². The minimum Gasteiger partial charge on any atom is -0.452 e. The lowest BCUT2D eigenvalue weighted by Gasteiger charge is -2.36. The Hall–Kier alpha value is -2.04. The van der Waals surface area contributed by atoms with E-state index in [1.165, 1.54) is 43.5 Å². The average Bonchev–Trinajstić information content (AvgIpc) is 2.77. The molecule has 1 aliphatic heterocycles. The van der Waals surface area contributed by atoms with Gasteiger partial charge in [0, 0.05) is 5.56 Å². The topological polar surface area (TPSA) is 27.7 Å². The number of hydrogen-bond donors (Lipinski definition) is 0. The third-order valence-electron chi connectivity index (χ3n) is 5.85. The van der Waals surface area contributed by atoms with Crippen LogP contribution in [0.25, 0.3) is 0 Å². The summed E-state index contributed by atoms with van der Waals surface area (Å²) in [6.45, 7) is 4.70. The van der Waals surface area contributed by atoms with Gasteiger partial charge in [-0.3, -0.25) is 0 Å². The first-order valence-corrected chi connectivity index (χ1v) is 10.7. The van der Waals surface area contributed by atoms with E-state index in [1.807, 2.05) is 6.08 Å². The van der Waals surface area contributed by atoms with Crippen molar-refractivity contribution >= 4 is 0 Å². The summed E-state index contributed by atoms with van der Waals surface area (Å²) in [5.74, 6) is 6.99. The standard InChI is InChI=1S/C24H28F4O3/c1-2-3-4-17-5-10-19(11-6-17)22-16-29-21(15-30-22)14-9-18-7-12-20(13-8-18)31-23(25)24(26,27)28/h2,7-8,12-13,17,19,21-23H,1,3-6,10-11,15-16H2/t17-,19-,21-,22?,23?/m0/s1. The molecule has 1 heterocycles. The second-order valence-corrected chi connectivity index (χ2v) is 8.11. The predicted octanol–water partition coefficient (Wildman–Crippen LogP) is 5.83. The van der Waals surface area contributed by atoms with Gasteiger partial charge in [-0.2, -0.15) is 17.6 Å². The van der Waals surface area contributed by atoms with Crippen molar-refractivity contribution in [2.75, 3.05) is 13.2 Å². The first kappa shape index (κ1) is 23.6. The minimum absolute atomic E-state index is 0.108. The number of alkyl halides is 4. The molecule has 0 radical (unpaired) electrons. The zero-order valence-electron chi connectivity index (χ0n) is 17.4. The van der Waals surface area contributed by atoms with Gasteiger partial charge in [-0.1, -0.05) is 30.8 Å². The Bertz CT molecular complexity index is 750. The van der Waals surface area contributed by atoms with Gasteiger partial charge in [0.1, 0.15) is 11.9 Å². The number of ether oxygens (including phenoxy) is 3. The normalized spacial score (nSPS) is 27.6. The van der Waals surface area contributed by atoms with Gasteiger partial charge < -0.3 is 14.2 Å². The second-order valence-electron chi connectivity index (χ2n) is 8.11. The van der Waals surface area contributed by atoms with Crippen LogP contribution in [0.2, 0.25) is 0 Å². The zero-order valence-corrected chi connectivity index (χ0v) is 17.4. The Labute approximate surface area is 180 Å². The van der Waals surface area contributed by atoms with Gasteiger partial charge in [0.15, 0.2) is 0 Å². The monoisotopic (exact) mass is 440 g/mol. The second kappa shape index (κ2) is 11.0. The highest BCUT2D eigenvalue weighted by molar-refractivity contribution is 5.39. The van der Waals surface area contributed by atoms with Crippen LogP contribution in [-0.2, 0) is 9.47 Å². The van der Waals surface area contributed by atoms with Gasteiger partial charge in [-0.25, -0.2) is 0 Å². The van der Waals surface area contributed by atoms with Crippen molar-refractivity contribution in [3.8, 4) is 17.6 Å². The van der Waals surface area contributed by atoms with Crippen LogP contribution in [0.5, 0.6) is 5.75 Å². The lowest BCUT2D eigenvalue weighted by molar-refractivity contribution is -0.236. The molecule has 170 valence electrons. The number of rotatable bonds is 6. The highest BCUT2D eigenvalue weighted by Crippen LogP contribution is 2.35. The highest BCUT2D eigenvalue weighted by Gasteiger charge is 2.42. The summed E-state index contributed by atoms with van der Waals surface area (Å²) in [5.41, 5.74) is 0.568. The lowest BCUT2D eigenvalue weighted by atomic mass is 9.77. The molecule has 0 bridgehead atoms. The lowest BCUT2D eigenvalue weighted by Crippen LogP contribution is -2.40. The smallest absolute Gasteiger partial charge is 0.452 e.